The van der Waals surface area contributed by atoms with Crippen LogP contribution < -0.4 is 29.6 Å². The molecule has 0 aliphatic carbocycles. The second-order valence-corrected chi connectivity index (χ2v) is 16.5. The van der Waals surface area contributed by atoms with Crippen LogP contribution in [-0.2, 0) is 38.7 Å². The molecule has 12 nitrogen and oxygen atoms in total. The topological polar surface area (TPSA) is 186 Å². The summed E-state index contributed by atoms with van der Waals surface area (Å²) < 4.78 is 54.0. The van der Waals surface area contributed by atoms with Crippen molar-refractivity contribution >= 4 is 22.1 Å². The minimum absolute atomic E-state index is 0. The average molecular weight is 840 g/mol. The fraction of sp³-hybridized carbons (Fsp3) is 0.814. The minimum Gasteiger partial charge on any atom is -0.462 e. The summed E-state index contributed by atoms with van der Waals surface area (Å²) in [5.74, 6) is -2.00. The average Bonchev–Trinajstić information content (AvgIpc) is 3.16. The first-order valence-electron chi connectivity index (χ1n) is 21.5. The zero-order chi connectivity index (χ0) is 41.3. The van der Waals surface area contributed by atoms with E-state index in [0.717, 1.165) is 70.6 Å². The largest absolute Gasteiger partial charge is 1.00 e. The van der Waals surface area contributed by atoms with Gasteiger partial charge in [0, 0.05) is 12.8 Å². The third-order valence-electron chi connectivity index (χ3n) is 9.73. The van der Waals surface area contributed by atoms with Crippen LogP contribution in [0.1, 0.15) is 168 Å². The Kier molecular flexibility index (Phi) is 36.0. The molecule has 1 rings (SSSR count). The van der Waals surface area contributed by atoms with Crippen LogP contribution in [0, 0.1) is 0 Å². The maximum atomic E-state index is 12.8. The SMILES string of the molecule is CC/C=C\C/C=C\C/C=C\CCCCCCCC(=O)OCC(COC1OC(CS(=O)(=O)O)C(O)C(O)C1O)OC(=O)CCCCCCCCCCCCCCC.[Na+]. The fourth-order valence-electron chi connectivity index (χ4n) is 6.40. The van der Waals surface area contributed by atoms with Gasteiger partial charge in [-0.05, 0) is 44.9 Å². The van der Waals surface area contributed by atoms with Crippen LogP contribution >= 0.6 is 0 Å². The van der Waals surface area contributed by atoms with Gasteiger partial charge in [-0.3, -0.25) is 14.1 Å². The van der Waals surface area contributed by atoms with E-state index in [1.54, 1.807) is 0 Å². The Balaban J connectivity index is 0.0000314. The first-order valence-corrected chi connectivity index (χ1v) is 23.2. The molecule has 1 aliphatic heterocycles. The Morgan fingerprint density at radius 1 is 0.632 bits per heavy atom. The molecule has 57 heavy (non-hydrogen) atoms. The summed E-state index contributed by atoms with van der Waals surface area (Å²) in [5, 5.41) is 30.8. The molecule has 0 aromatic rings. The smallest absolute Gasteiger partial charge is 0.462 e. The molecule has 0 aromatic carbocycles. The summed E-state index contributed by atoms with van der Waals surface area (Å²) in [6.45, 7) is 3.62. The summed E-state index contributed by atoms with van der Waals surface area (Å²) in [7, 11) is -4.60. The molecule has 1 aliphatic rings. The first kappa shape index (κ1) is 55.9. The van der Waals surface area contributed by atoms with Gasteiger partial charge in [-0.15, -0.1) is 0 Å². The van der Waals surface area contributed by atoms with Crippen molar-refractivity contribution in [3.05, 3.63) is 36.5 Å². The number of carbonyl (C=O) groups excluding carboxylic acids is 2. The van der Waals surface area contributed by atoms with Crippen LogP contribution in [-0.4, -0.2) is 96.0 Å². The van der Waals surface area contributed by atoms with Gasteiger partial charge in [-0.2, -0.15) is 8.42 Å². The van der Waals surface area contributed by atoms with Crippen LogP contribution in [0.15, 0.2) is 36.5 Å². The summed E-state index contributed by atoms with van der Waals surface area (Å²) in [6, 6.07) is 0. The molecular weight excluding hydrogens is 764 g/mol. The van der Waals surface area contributed by atoms with Gasteiger partial charge in [0.05, 0.1) is 6.61 Å². The number of rotatable bonds is 35. The van der Waals surface area contributed by atoms with Gasteiger partial charge in [0.1, 0.15) is 36.8 Å². The monoisotopic (exact) mass is 839 g/mol. The van der Waals surface area contributed by atoms with Crippen molar-refractivity contribution in [2.24, 2.45) is 0 Å². The number of ether oxygens (including phenoxy) is 4. The Bertz CT molecular complexity index is 1190. The number of unbranched alkanes of at least 4 members (excludes halogenated alkanes) is 17. The molecule has 0 bridgehead atoms. The second kappa shape index (κ2) is 36.7. The maximum absolute atomic E-state index is 12.8. The number of allylic oxidation sites excluding steroid dienone is 6. The molecule has 1 saturated heterocycles. The van der Waals surface area contributed by atoms with Crippen molar-refractivity contribution in [1.29, 1.82) is 0 Å². The number of aliphatic hydroxyl groups is 3. The maximum Gasteiger partial charge on any atom is 1.00 e. The first-order chi connectivity index (χ1) is 27.0. The molecule has 0 aromatic heterocycles. The van der Waals surface area contributed by atoms with Crippen molar-refractivity contribution in [2.45, 2.75) is 205 Å². The Morgan fingerprint density at radius 3 is 1.67 bits per heavy atom. The molecule has 326 valence electrons. The Morgan fingerprint density at radius 2 is 1.12 bits per heavy atom. The zero-order valence-corrected chi connectivity index (χ0v) is 38.3. The summed E-state index contributed by atoms with van der Waals surface area (Å²) in [5.41, 5.74) is 0. The number of hydrogen-bond acceptors (Lipinski definition) is 11. The van der Waals surface area contributed by atoms with E-state index in [2.05, 4.69) is 50.3 Å². The molecule has 0 amide bonds. The van der Waals surface area contributed by atoms with Crippen molar-refractivity contribution in [2.75, 3.05) is 19.0 Å². The van der Waals surface area contributed by atoms with Crippen LogP contribution in [0.2, 0.25) is 0 Å². The zero-order valence-electron chi connectivity index (χ0n) is 35.5. The molecule has 1 heterocycles. The van der Waals surface area contributed by atoms with Gasteiger partial charge in [-0.25, -0.2) is 0 Å². The molecule has 0 saturated carbocycles. The standard InChI is InChI=1S/C43H76O12S.Na/c1-3-5-7-9-11-13-15-17-18-20-21-23-25-27-29-31-38(44)52-33-36(34-53-43-42(48)41(47)40(46)37(55-43)35-56(49,50)51)54-39(45)32-30-28-26-24-22-19-16-14-12-10-8-6-4-2;/h5,7,11,13,17-18,36-37,40-43,46-48H,3-4,6,8-10,12,14-16,19-35H2,1-2H3,(H,49,50,51);/q;+1/b7-5-,13-11-,18-17-;. The van der Waals surface area contributed by atoms with Crippen molar-refractivity contribution < 1.29 is 86.4 Å². The molecule has 1 fully saturated rings. The Labute approximate surface area is 366 Å². The van der Waals surface area contributed by atoms with E-state index in [9.17, 15) is 37.9 Å². The van der Waals surface area contributed by atoms with Gasteiger partial charge in [0.25, 0.3) is 10.1 Å². The molecule has 0 spiro atoms. The number of esters is 2. The molecule has 4 N–H and O–H groups in total. The Hall–Kier alpha value is -1.13. The quantitative estimate of drug-likeness (QED) is 0.0215. The number of hydrogen-bond donors (Lipinski definition) is 4. The molecule has 6 atom stereocenters. The fourth-order valence-corrected chi connectivity index (χ4v) is 7.09. The van der Waals surface area contributed by atoms with E-state index < -0.39 is 71.2 Å². The van der Waals surface area contributed by atoms with E-state index in [-0.39, 0.29) is 49.0 Å². The van der Waals surface area contributed by atoms with Crippen LogP contribution in [0.5, 0.6) is 0 Å². The summed E-state index contributed by atoms with van der Waals surface area (Å²) in [6.07, 6.45) is 27.6. The van der Waals surface area contributed by atoms with Gasteiger partial charge in [0.2, 0.25) is 0 Å². The molecule has 0 radical (unpaired) electrons. The van der Waals surface area contributed by atoms with Gasteiger partial charge in [0.15, 0.2) is 12.4 Å². The van der Waals surface area contributed by atoms with Gasteiger partial charge >= 0.3 is 41.5 Å². The van der Waals surface area contributed by atoms with E-state index in [4.69, 9.17) is 18.9 Å². The molecule has 14 heteroatoms. The normalized spacial score (nSPS) is 20.6. The third kappa shape index (κ3) is 31.4. The van der Waals surface area contributed by atoms with E-state index in [1.807, 2.05) is 0 Å². The van der Waals surface area contributed by atoms with E-state index >= 15 is 0 Å². The second-order valence-electron chi connectivity index (χ2n) is 15.0. The third-order valence-corrected chi connectivity index (χ3v) is 10.5. The van der Waals surface area contributed by atoms with Crippen LogP contribution in [0.3, 0.4) is 0 Å². The van der Waals surface area contributed by atoms with Crippen LogP contribution in [0.25, 0.3) is 0 Å². The van der Waals surface area contributed by atoms with Crippen LogP contribution in [0.4, 0.5) is 0 Å². The summed E-state index contributed by atoms with van der Waals surface area (Å²) in [4.78, 5) is 25.3. The molecular formula is C43H76NaO12S+. The summed E-state index contributed by atoms with van der Waals surface area (Å²) >= 11 is 0. The number of aliphatic hydroxyl groups excluding tert-OH is 3. The van der Waals surface area contributed by atoms with E-state index in [0.29, 0.717) is 12.8 Å². The minimum atomic E-state index is -4.60. The van der Waals surface area contributed by atoms with Crippen molar-refractivity contribution in [1.82, 2.24) is 0 Å². The van der Waals surface area contributed by atoms with Crippen molar-refractivity contribution in [3.8, 4) is 0 Å². The van der Waals surface area contributed by atoms with Gasteiger partial charge < -0.3 is 34.3 Å². The number of carbonyl (C=O) groups is 2. The van der Waals surface area contributed by atoms with E-state index in [1.165, 1.54) is 57.8 Å². The van der Waals surface area contributed by atoms with Gasteiger partial charge in [-0.1, -0.05) is 147 Å². The predicted molar refractivity (Wildman–Crippen MR) is 219 cm³/mol. The van der Waals surface area contributed by atoms with Crippen molar-refractivity contribution in [3.63, 3.8) is 0 Å². The predicted octanol–water partition coefficient (Wildman–Crippen LogP) is 5.23. The molecule has 6 unspecified atom stereocenters.